The van der Waals surface area contributed by atoms with Crippen LogP contribution >= 0.6 is 11.6 Å². The van der Waals surface area contributed by atoms with Crippen LogP contribution in [0, 0.1) is 0 Å². The van der Waals surface area contributed by atoms with Crippen LogP contribution in [-0.4, -0.2) is 11.6 Å². The molecule has 1 N–H and O–H groups in total. The van der Waals surface area contributed by atoms with Crippen molar-refractivity contribution in [3.63, 3.8) is 0 Å². The van der Waals surface area contributed by atoms with E-state index in [1.807, 2.05) is 24.3 Å². The van der Waals surface area contributed by atoms with Crippen LogP contribution in [0.3, 0.4) is 0 Å². The predicted octanol–water partition coefficient (Wildman–Crippen LogP) is 3.28. The molecular weight excluding hydrogens is 236 g/mol. The SMILES string of the molecule is Clc1cnccc1NC1COc2ccccc21. The van der Waals surface area contributed by atoms with Crippen molar-refractivity contribution in [2.45, 2.75) is 6.04 Å². The minimum atomic E-state index is 0.145. The van der Waals surface area contributed by atoms with E-state index in [-0.39, 0.29) is 6.04 Å². The van der Waals surface area contributed by atoms with Crippen LogP contribution in [0.25, 0.3) is 0 Å². The average molecular weight is 247 g/mol. The number of hydrogen-bond donors (Lipinski definition) is 1. The molecule has 1 aromatic heterocycles. The third-order valence-corrected chi connectivity index (χ3v) is 3.10. The summed E-state index contributed by atoms with van der Waals surface area (Å²) >= 11 is 6.06. The van der Waals surface area contributed by atoms with Crippen molar-refractivity contribution in [1.29, 1.82) is 0 Å². The first-order valence-corrected chi connectivity index (χ1v) is 5.80. The highest BCUT2D eigenvalue weighted by Gasteiger charge is 2.23. The van der Waals surface area contributed by atoms with Crippen LogP contribution < -0.4 is 10.1 Å². The van der Waals surface area contributed by atoms with E-state index in [0.29, 0.717) is 11.6 Å². The first-order chi connectivity index (χ1) is 8.34. The smallest absolute Gasteiger partial charge is 0.124 e. The number of benzene rings is 1. The molecule has 3 rings (SSSR count). The van der Waals surface area contributed by atoms with Crippen molar-refractivity contribution >= 4 is 17.3 Å². The van der Waals surface area contributed by atoms with E-state index >= 15 is 0 Å². The lowest BCUT2D eigenvalue weighted by molar-refractivity contribution is 0.340. The molecule has 0 spiro atoms. The standard InChI is InChI=1S/C13H11ClN2O/c14-10-7-15-6-5-11(10)16-12-8-17-13-4-2-1-3-9(12)13/h1-7,12H,8H2,(H,15,16). The molecule has 1 aliphatic heterocycles. The fraction of sp³-hybridized carbons (Fsp3) is 0.154. The van der Waals surface area contributed by atoms with Gasteiger partial charge in [0.1, 0.15) is 12.4 Å². The minimum Gasteiger partial charge on any atom is -0.491 e. The molecular formula is C13H11ClN2O. The summed E-state index contributed by atoms with van der Waals surface area (Å²) in [6.07, 6.45) is 3.35. The molecule has 1 unspecified atom stereocenters. The van der Waals surface area contributed by atoms with Gasteiger partial charge in [-0.2, -0.15) is 0 Å². The Kier molecular flexibility index (Phi) is 2.61. The molecule has 0 radical (unpaired) electrons. The van der Waals surface area contributed by atoms with Gasteiger partial charge in [-0.25, -0.2) is 0 Å². The molecule has 0 amide bonds. The Morgan fingerprint density at radius 1 is 1.29 bits per heavy atom. The third kappa shape index (κ3) is 1.94. The van der Waals surface area contributed by atoms with Gasteiger partial charge in [-0.05, 0) is 12.1 Å². The lowest BCUT2D eigenvalue weighted by atomic mass is 10.1. The van der Waals surface area contributed by atoms with Crippen LogP contribution in [-0.2, 0) is 0 Å². The second-order valence-electron chi connectivity index (χ2n) is 3.90. The van der Waals surface area contributed by atoms with Crippen LogP contribution in [0.15, 0.2) is 42.7 Å². The summed E-state index contributed by atoms with van der Waals surface area (Å²) in [5.74, 6) is 0.940. The number of fused-ring (bicyclic) bond motifs is 1. The van der Waals surface area contributed by atoms with E-state index in [1.165, 1.54) is 5.56 Å². The Morgan fingerprint density at radius 3 is 3.06 bits per heavy atom. The molecule has 1 aliphatic rings. The summed E-state index contributed by atoms with van der Waals surface area (Å²) in [5, 5.41) is 3.99. The monoisotopic (exact) mass is 246 g/mol. The zero-order chi connectivity index (χ0) is 11.7. The Morgan fingerprint density at radius 2 is 2.18 bits per heavy atom. The number of ether oxygens (including phenoxy) is 1. The van der Waals surface area contributed by atoms with E-state index in [2.05, 4.69) is 16.4 Å². The van der Waals surface area contributed by atoms with Gasteiger partial charge in [-0.3, -0.25) is 4.98 Å². The van der Waals surface area contributed by atoms with E-state index < -0.39 is 0 Å². The first-order valence-electron chi connectivity index (χ1n) is 5.42. The van der Waals surface area contributed by atoms with Gasteiger partial charge in [-0.1, -0.05) is 29.8 Å². The quantitative estimate of drug-likeness (QED) is 0.883. The number of pyridine rings is 1. The number of rotatable bonds is 2. The number of nitrogens with one attached hydrogen (secondary N) is 1. The Hall–Kier alpha value is -1.74. The van der Waals surface area contributed by atoms with Gasteiger partial charge in [0, 0.05) is 18.0 Å². The second kappa shape index (κ2) is 4.26. The maximum Gasteiger partial charge on any atom is 0.124 e. The number of halogens is 1. The minimum absolute atomic E-state index is 0.145. The predicted molar refractivity (Wildman–Crippen MR) is 67.5 cm³/mol. The first kappa shape index (κ1) is 10.4. The maximum atomic E-state index is 6.06. The highest BCUT2D eigenvalue weighted by Crippen LogP contribution is 2.35. The van der Waals surface area contributed by atoms with Crippen LogP contribution in [0.1, 0.15) is 11.6 Å². The lowest BCUT2D eigenvalue weighted by Gasteiger charge is -2.13. The molecule has 0 bridgehead atoms. The second-order valence-corrected chi connectivity index (χ2v) is 4.31. The van der Waals surface area contributed by atoms with Gasteiger partial charge < -0.3 is 10.1 Å². The zero-order valence-electron chi connectivity index (χ0n) is 9.06. The average Bonchev–Trinajstić information content (AvgIpc) is 2.76. The molecule has 0 saturated carbocycles. The number of aromatic nitrogens is 1. The molecule has 2 heterocycles. The van der Waals surface area contributed by atoms with Gasteiger partial charge in [-0.15, -0.1) is 0 Å². The van der Waals surface area contributed by atoms with Crippen molar-refractivity contribution in [2.24, 2.45) is 0 Å². The van der Waals surface area contributed by atoms with E-state index in [4.69, 9.17) is 16.3 Å². The maximum absolute atomic E-state index is 6.06. The molecule has 0 aliphatic carbocycles. The third-order valence-electron chi connectivity index (χ3n) is 2.80. The van der Waals surface area contributed by atoms with Gasteiger partial charge in [0.25, 0.3) is 0 Å². The summed E-state index contributed by atoms with van der Waals surface area (Å²) in [6, 6.07) is 10.0. The van der Waals surface area contributed by atoms with Gasteiger partial charge >= 0.3 is 0 Å². The molecule has 17 heavy (non-hydrogen) atoms. The van der Waals surface area contributed by atoms with Crippen molar-refractivity contribution < 1.29 is 4.74 Å². The number of nitrogens with zero attached hydrogens (tertiary/aromatic N) is 1. The van der Waals surface area contributed by atoms with Crippen LogP contribution in [0.5, 0.6) is 5.75 Å². The summed E-state index contributed by atoms with van der Waals surface area (Å²) in [6.45, 7) is 0.623. The molecule has 0 saturated heterocycles. The largest absolute Gasteiger partial charge is 0.491 e. The molecule has 3 nitrogen and oxygen atoms in total. The normalized spacial score (nSPS) is 17.4. The lowest BCUT2D eigenvalue weighted by Crippen LogP contribution is -2.12. The fourth-order valence-corrected chi connectivity index (χ4v) is 2.14. The van der Waals surface area contributed by atoms with E-state index in [0.717, 1.165) is 11.4 Å². The molecule has 1 aromatic carbocycles. The highest BCUT2D eigenvalue weighted by atomic mass is 35.5. The van der Waals surface area contributed by atoms with E-state index in [9.17, 15) is 0 Å². The van der Waals surface area contributed by atoms with Crippen molar-refractivity contribution in [3.05, 3.63) is 53.3 Å². The number of hydrogen-bond acceptors (Lipinski definition) is 3. The molecule has 4 heteroatoms. The topological polar surface area (TPSA) is 34.2 Å². The van der Waals surface area contributed by atoms with Gasteiger partial charge in [0.2, 0.25) is 0 Å². The summed E-state index contributed by atoms with van der Waals surface area (Å²) in [5.41, 5.74) is 2.05. The van der Waals surface area contributed by atoms with Gasteiger partial charge in [0.15, 0.2) is 0 Å². The van der Waals surface area contributed by atoms with Gasteiger partial charge in [0.05, 0.1) is 16.8 Å². The van der Waals surface area contributed by atoms with Crippen molar-refractivity contribution in [2.75, 3.05) is 11.9 Å². The number of anilines is 1. The molecule has 1 atom stereocenters. The fourth-order valence-electron chi connectivity index (χ4n) is 1.96. The molecule has 2 aromatic rings. The Labute approximate surface area is 104 Å². The Balaban J connectivity index is 1.87. The molecule has 0 fully saturated rings. The van der Waals surface area contributed by atoms with Crippen LogP contribution in [0.2, 0.25) is 5.02 Å². The number of para-hydroxylation sites is 1. The summed E-state index contributed by atoms with van der Waals surface area (Å²) in [4.78, 5) is 3.96. The van der Waals surface area contributed by atoms with Crippen molar-refractivity contribution in [3.8, 4) is 5.75 Å². The summed E-state index contributed by atoms with van der Waals surface area (Å²) in [7, 11) is 0. The van der Waals surface area contributed by atoms with Crippen LogP contribution in [0.4, 0.5) is 5.69 Å². The van der Waals surface area contributed by atoms with Crippen molar-refractivity contribution in [1.82, 2.24) is 4.98 Å². The van der Waals surface area contributed by atoms with E-state index in [1.54, 1.807) is 12.4 Å². The highest BCUT2D eigenvalue weighted by molar-refractivity contribution is 6.33. The summed E-state index contributed by atoms with van der Waals surface area (Å²) < 4.78 is 5.60. The zero-order valence-corrected chi connectivity index (χ0v) is 9.82. The Bertz CT molecular complexity index is 544. The molecule has 86 valence electrons.